The van der Waals surface area contributed by atoms with Crippen molar-refractivity contribution < 1.29 is 18.0 Å². The average Bonchev–Trinajstić information content (AvgIpc) is 3.37. The maximum Gasteiger partial charge on any atom is 0.446 e. The molecule has 1 aliphatic rings. The normalized spacial score (nSPS) is 13.5. The molecule has 1 aromatic heterocycles. The summed E-state index contributed by atoms with van der Waals surface area (Å²) in [4.78, 5) is 15.3. The summed E-state index contributed by atoms with van der Waals surface area (Å²) >= 11 is -0.186. The van der Waals surface area contributed by atoms with E-state index in [4.69, 9.17) is 0 Å². The minimum absolute atomic E-state index is 0.0679. The summed E-state index contributed by atoms with van der Waals surface area (Å²) in [5, 5.41) is 9.80. The smallest absolute Gasteiger partial charge is 0.368 e. The van der Waals surface area contributed by atoms with Crippen molar-refractivity contribution in [3.8, 4) is 11.3 Å². The molecule has 0 unspecified atom stereocenters. The number of fused-ring (bicyclic) bond motifs is 1. The molecule has 1 amide bonds. The van der Waals surface area contributed by atoms with E-state index in [-0.39, 0.29) is 22.6 Å². The second-order valence-corrected chi connectivity index (χ2v) is 8.70. The van der Waals surface area contributed by atoms with E-state index in [1.54, 1.807) is 6.20 Å². The zero-order valence-corrected chi connectivity index (χ0v) is 17.8. The molecule has 0 aliphatic carbocycles. The fraction of sp³-hybridized carbons (Fsp3) is 0.273. The first-order chi connectivity index (χ1) is 14.7. The molecule has 4 rings (SSSR count). The number of halogens is 3. The summed E-state index contributed by atoms with van der Waals surface area (Å²) in [6.45, 7) is 5.14. The number of hydrogen-bond acceptors (Lipinski definition) is 4. The van der Waals surface area contributed by atoms with Crippen LogP contribution < -0.4 is 10.2 Å². The van der Waals surface area contributed by atoms with Gasteiger partial charge in [-0.2, -0.15) is 18.3 Å². The van der Waals surface area contributed by atoms with E-state index in [0.29, 0.717) is 17.3 Å². The maximum absolute atomic E-state index is 12.9. The zero-order chi connectivity index (χ0) is 22.2. The van der Waals surface area contributed by atoms with Crippen LogP contribution in [0.5, 0.6) is 0 Å². The minimum atomic E-state index is -4.35. The molecule has 2 aromatic carbocycles. The lowest BCUT2D eigenvalue weighted by atomic mass is 9.99. The molecule has 0 spiro atoms. The number of hydrogen-bond donors (Lipinski definition) is 2. The fourth-order valence-electron chi connectivity index (χ4n) is 3.78. The summed E-state index contributed by atoms with van der Waals surface area (Å²) in [5.74, 6) is -0.317. The highest BCUT2D eigenvalue weighted by atomic mass is 32.2. The zero-order valence-electron chi connectivity index (χ0n) is 17.0. The van der Waals surface area contributed by atoms with Crippen LogP contribution in [0.25, 0.3) is 11.3 Å². The van der Waals surface area contributed by atoms with E-state index in [0.717, 1.165) is 35.5 Å². The number of aromatic amines is 1. The van der Waals surface area contributed by atoms with Gasteiger partial charge in [0.25, 0.3) is 5.91 Å². The van der Waals surface area contributed by atoms with Crippen molar-refractivity contribution in [2.24, 2.45) is 0 Å². The van der Waals surface area contributed by atoms with Crippen molar-refractivity contribution in [1.82, 2.24) is 10.2 Å². The molecule has 0 atom stereocenters. The quantitative estimate of drug-likeness (QED) is 0.493. The molecule has 0 saturated heterocycles. The Morgan fingerprint density at radius 2 is 1.94 bits per heavy atom. The van der Waals surface area contributed by atoms with Gasteiger partial charge in [0.2, 0.25) is 0 Å². The van der Waals surface area contributed by atoms with Crippen molar-refractivity contribution in [2.45, 2.75) is 36.7 Å². The van der Waals surface area contributed by atoms with Crippen molar-refractivity contribution in [3.63, 3.8) is 0 Å². The molecule has 162 valence electrons. The van der Waals surface area contributed by atoms with Crippen molar-refractivity contribution in [1.29, 1.82) is 0 Å². The Morgan fingerprint density at radius 1 is 1.19 bits per heavy atom. The van der Waals surface area contributed by atoms with Gasteiger partial charge in [-0.05, 0) is 80.1 Å². The van der Waals surface area contributed by atoms with Gasteiger partial charge >= 0.3 is 5.51 Å². The van der Waals surface area contributed by atoms with E-state index < -0.39 is 5.51 Å². The van der Waals surface area contributed by atoms with Crippen LogP contribution in [-0.4, -0.2) is 34.2 Å². The van der Waals surface area contributed by atoms with E-state index in [9.17, 15) is 18.0 Å². The van der Waals surface area contributed by atoms with Gasteiger partial charge in [0.05, 0.1) is 5.69 Å². The van der Waals surface area contributed by atoms with Gasteiger partial charge < -0.3 is 10.2 Å². The summed E-state index contributed by atoms with van der Waals surface area (Å²) in [6, 6.07) is 11.5. The first-order valence-electron chi connectivity index (χ1n) is 9.82. The van der Waals surface area contributed by atoms with Gasteiger partial charge in [-0.15, -0.1) is 0 Å². The number of thioether (sulfide) groups is 1. The number of benzene rings is 2. The summed E-state index contributed by atoms with van der Waals surface area (Å²) in [5.41, 5.74) is 0.497. The number of nitrogens with one attached hydrogen (secondary N) is 2. The standard InChI is InChI=1S/C22H21F3N4OS/c1-13(2)29-10-8-14-11-15(12-18(20(14)29)19-7-9-26-28-19)21(30)27-16-3-5-17(6-4-16)31-22(23,24)25/h3-7,9,11-13H,8,10H2,1-2H3,(H,26,28)(H,27,30). The Hall–Kier alpha value is -2.94. The molecule has 1 aliphatic heterocycles. The SMILES string of the molecule is CC(C)N1CCc2cc(C(=O)Nc3ccc(SC(F)(F)F)cc3)cc(-c3ccn[nH]3)c21. The first kappa shape index (κ1) is 21.3. The van der Waals surface area contributed by atoms with E-state index >= 15 is 0 Å². The van der Waals surface area contributed by atoms with Gasteiger partial charge in [0.1, 0.15) is 0 Å². The number of alkyl halides is 3. The highest BCUT2D eigenvalue weighted by Gasteiger charge is 2.29. The van der Waals surface area contributed by atoms with Crippen LogP contribution in [-0.2, 0) is 6.42 Å². The van der Waals surface area contributed by atoms with Gasteiger partial charge in [-0.1, -0.05) is 0 Å². The first-order valence-corrected chi connectivity index (χ1v) is 10.6. The maximum atomic E-state index is 12.9. The number of aromatic nitrogens is 2. The average molecular weight is 446 g/mol. The number of H-pyrrole nitrogens is 1. The van der Waals surface area contributed by atoms with Gasteiger partial charge in [0.15, 0.2) is 0 Å². The molecule has 0 radical (unpaired) electrons. The van der Waals surface area contributed by atoms with Crippen molar-refractivity contribution >= 4 is 29.0 Å². The lowest BCUT2D eigenvalue weighted by molar-refractivity contribution is -0.0328. The topological polar surface area (TPSA) is 61.0 Å². The van der Waals surface area contributed by atoms with Gasteiger partial charge in [-0.25, -0.2) is 0 Å². The third kappa shape index (κ3) is 4.71. The van der Waals surface area contributed by atoms with E-state index in [1.807, 2.05) is 18.2 Å². The Kier molecular flexibility index (Phi) is 5.70. The highest BCUT2D eigenvalue weighted by molar-refractivity contribution is 8.00. The number of anilines is 2. The second-order valence-electron chi connectivity index (χ2n) is 7.57. The molecule has 0 fully saturated rings. The number of carbonyl (C=O) groups is 1. The number of amides is 1. The number of nitrogens with zero attached hydrogens (tertiary/aromatic N) is 2. The molecule has 5 nitrogen and oxygen atoms in total. The van der Waals surface area contributed by atoms with Crippen LogP contribution in [0.4, 0.5) is 24.5 Å². The second kappa shape index (κ2) is 8.30. The lowest BCUT2D eigenvalue weighted by Gasteiger charge is -2.26. The van der Waals surface area contributed by atoms with E-state index in [1.165, 1.54) is 24.3 Å². The Morgan fingerprint density at radius 3 is 2.55 bits per heavy atom. The summed E-state index contributed by atoms with van der Waals surface area (Å²) < 4.78 is 37.5. The van der Waals surface area contributed by atoms with Crippen LogP contribution in [0.15, 0.2) is 53.6 Å². The van der Waals surface area contributed by atoms with Gasteiger partial charge in [0, 0.05) is 46.2 Å². The number of rotatable bonds is 5. The Balaban J connectivity index is 1.61. The molecule has 2 N–H and O–H groups in total. The Labute approximate surface area is 182 Å². The monoisotopic (exact) mass is 446 g/mol. The molecule has 2 heterocycles. The highest BCUT2D eigenvalue weighted by Crippen LogP contribution is 2.40. The van der Waals surface area contributed by atoms with Crippen molar-refractivity contribution in [2.75, 3.05) is 16.8 Å². The predicted molar refractivity (Wildman–Crippen MR) is 117 cm³/mol. The molecular weight excluding hydrogens is 425 g/mol. The fourth-order valence-corrected chi connectivity index (χ4v) is 4.32. The minimum Gasteiger partial charge on any atom is -0.368 e. The molecule has 31 heavy (non-hydrogen) atoms. The van der Waals surface area contributed by atoms with Crippen LogP contribution >= 0.6 is 11.8 Å². The molecule has 3 aromatic rings. The molecular formula is C22H21F3N4OS. The number of carbonyl (C=O) groups excluding carboxylic acids is 1. The molecule has 0 saturated carbocycles. The van der Waals surface area contributed by atoms with Crippen LogP contribution in [0.3, 0.4) is 0 Å². The van der Waals surface area contributed by atoms with Crippen molar-refractivity contribution in [3.05, 3.63) is 59.8 Å². The van der Waals surface area contributed by atoms with Crippen LogP contribution in [0.2, 0.25) is 0 Å². The Bertz CT molecular complexity index is 1080. The van der Waals surface area contributed by atoms with Crippen LogP contribution in [0.1, 0.15) is 29.8 Å². The predicted octanol–water partition coefficient (Wildman–Crippen LogP) is 5.71. The molecule has 0 bridgehead atoms. The third-order valence-electron chi connectivity index (χ3n) is 5.12. The van der Waals surface area contributed by atoms with Crippen LogP contribution in [0, 0.1) is 0 Å². The molecule has 9 heteroatoms. The van der Waals surface area contributed by atoms with E-state index in [2.05, 4.69) is 34.3 Å². The third-order valence-corrected chi connectivity index (χ3v) is 5.86. The summed E-state index contributed by atoms with van der Waals surface area (Å²) in [6.07, 6.45) is 2.50. The lowest BCUT2D eigenvalue weighted by Crippen LogP contribution is -2.28. The summed E-state index contributed by atoms with van der Waals surface area (Å²) in [7, 11) is 0. The largest absolute Gasteiger partial charge is 0.446 e. The van der Waals surface area contributed by atoms with Gasteiger partial charge in [-0.3, -0.25) is 9.89 Å².